The second-order valence-corrected chi connectivity index (χ2v) is 8.26. The molecule has 1 N–H and O–H groups in total. The van der Waals surface area contributed by atoms with Gasteiger partial charge in [0, 0.05) is 44.4 Å². The normalized spacial score (nSPS) is 24.7. The summed E-state index contributed by atoms with van der Waals surface area (Å²) in [7, 11) is 1.71. The molecule has 29 heavy (non-hydrogen) atoms. The van der Waals surface area contributed by atoms with Crippen LogP contribution >= 0.6 is 0 Å². The molecule has 7 nitrogen and oxygen atoms in total. The first-order chi connectivity index (χ1) is 13.6. The van der Waals surface area contributed by atoms with Crippen LogP contribution in [0.3, 0.4) is 0 Å². The fourth-order valence-electron chi connectivity index (χ4n) is 4.19. The molecule has 2 aliphatic heterocycles. The SMILES string of the molecule is CC(C)[C@@H]1C[C@H](C(F)(F)F)n2nc([C@H]3CCN(C(=O)c4ccnn4C)C3)cc2N1. The number of aromatic nitrogens is 4. The number of fused-ring (bicyclic) bond motifs is 1. The molecule has 2 aliphatic rings. The van der Waals surface area contributed by atoms with Crippen LogP contribution in [0.15, 0.2) is 18.3 Å². The van der Waals surface area contributed by atoms with Crippen molar-refractivity contribution in [3.8, 4) is 0 Å². The Morgan fingerprint density at radius 3 is 2.72 bits per heavy atom. The van der Waals surface area contributed by atoms with Crippen molar-refractivity contribution in [3.05, 3.63) is 29.7 Å². The molecule has 1 amide bonds. The zero-order valence-electron chi connectivity index (χ0n) is 16.6. The second-order valence-electron chi connectivity index (χ2n) is 8.26. The monoisotopic (exact) mass is 410 g/mol. The fourth-order valence-corrected chi connectivity index (χ4v) is 4.19. The Labute approximate surface area is 166 Å². The Morgan fingerprint density at radius 2 is 2.10 bits per heavy atom. The summed E-state index contributed by atoms with van der Waals surface area (Å²) >= 11 is 0. The Balaban J connectivity index is 1.55. The first-order valence-electron chi connectivity index (χ1n) is 9.85. The van der Waals surface area contributed by atoms with E-state index in [0.29, 0.717) is 36.7 Å². The van der Waals surface area contributed by atoms with E-state index < -0.39 is 12.2 Å². The van der Waals surface area contributed by atoms with Crippen LogP contribution < -0.4 is 5.32 Å². The molecule has 10 heteroatoms. The molecule has 0 bridgehead atoms. The van der Waals surface area contributed by atoms with Gasteiger partial charge in [0.25, 0.3) is 5.91 Å². The van der Waals surface area contributed by atoms with Gasteiger partial charge in [-0.1, -0.05) is 13.8 Å². The maximum Gasteiger partial charge on any atom is 0.410 e. The smallest absolute Gasteiger partial charge is 0.367 e. The second kappa shape index (κ2) is 7.07. The lowest BCUT2D eigenvalue weighted by atomic mass is 9.94. The number of nitrogens with zero attached hydrogens (tertiary/aromatic N) is 5. The van der Waals surface area contributed by atoms with Crippen molar-refractivity contribution in [1.29, 1.82) is 0 Å². The summed E-state index contributed by atoms with van der Waals surface area (Å²) in [6.45, 7) is 4.81. The zero-order valence-corrected chi connectivity index (χ0v) is 16.6. The van der Waals surface area contributed by atoms with Gasteiger partial charge in [0.2, 0.25) is 0 Å². The zero-order chi connectivity index (χ0) is 20.9. The van der Waals surface area contributed by atoms with Crippen molar-refractivity contribution >= 4 is 11.7 Å². The van der Waals surface area contributed by atoms with Crippen LogP contribution in [0.2, 0.25) is 0 Å². The number of carbonyl (C=O) groups is 1. The summed E-state index contributed by atoms with van der Waals surface area (Å²) in [5.41, 5.74) is 1.10. The fraction of sp³-hybridized carbons (Fsp3) is 0.632. The highest BCUT2D eigenvalue weighted by molar-refractivity contribution is 5.92. The lowest BCUT2D eigenvalue weighted by Crippen LogP contribution is -2.41. The van der Waals surface area contributed by atoms with Crippen LogP contribution in [0.4, 0.5) is 19.0 Å². The van der Waals surface area contributed by atoms with Crippen molar-refractivity contribution in [2.75, 3.05) is 18.4 Å². The van der Waals surface area contributed by atoms with Gasteiger partial charge in [-0.2, -0.15) is 23.4 Å². The van der Waals surface area contributed by atoms with Crippen LogP contribution in [-0.2, 0) is 7.05 Å². The van der Waals surface area contributed by atoms with Gasteiger partial charge in [-0.15, -0.1) is 0 Å². The van der Waals surface area contributed by atoms with Gasteiger partial charge in [-0.25, -0.2) is 4.68 Å². The molecule has 0 aromatic carbocycles. The first kappa shape index (κ1) is 19.8. The van der Waals surface area contributed by atoms with Crippen molar-refractivity contribution in [2.45, 2.75) is 50.9 Å². The van der Waals surface area contributed by atoms with Crippen molar-refractivity contribution in [3.63, 3.8) is 0 Å². The van der Waals surface area contributed by atoms with Gasteiger partial charge in [0.15, 0.2) is 6.04 Å². The molecule has 3 atom stereocenters. The van der Waals surface area contributed by atoms with Gasteiger partial charge >= 0.3 is 6.18 Å². The van der Waals surface area contributed by atoms with Gasteiger partial charge < -0.3 is 10.2 Å². The molecule has 2 aromatic heterocycles. The minimum Gasteiger partial charge on any atom is -0.367 e. The summed E-state index contributed by atoms with van der Waals surface area (Å²) in [4.78, 5) is 14.4. The average Bonchev–Trinajstić information content (AvgIpc) is 3.37. The molecular formula is C19H25F3N6O. The minimum atomic E-state index is -4.36. The predicted octanol–water partition coefficient (Wildman–Crippen LogP) is 3.19. The van der Waals surface area contributed by atoms with Gasteiger partial charge in [-0.05, 0) is 24.8 Å². The highest BCUT2D eigenvalue weighted by Gasteiger charge is 2.47. The molecule has 0 radical (unpaired) electrons. The number of hydrogen-bond donors (Lipinski definition) is 1. The largest absolute Gasteiger partial charge is 0.410 e. The first-order valence-corrected chi connectivity index (χ1v) is 9.85. The van der Waals surface area contributed by atoms with E-state index in [0.717, 1.165) is 4.68 Å². The highest BCUT2D eigenvalue weighted by Crippen LogP contribution is 2.42. The molecule has 2 aromatic rings. The molecule has 4 rings (SSSR count). The Bertz CT molecular complexity index is 902. The van der Waals surface area contributed by atoms with E-state index >= 15 is 0 Å². The lowest BCUT2D eigenvalue weighted by Gasteiger charge is -2.35. The minimum absolute atomic E-state index is 0.0367. The number of nitrogens with one attached hydrogen (secondary N) is 1. The quantitative estimate of drug-likeness (QED) is 0.844. The maximum atomic E-state index is 13.7. The number of likely N-dealkylation sites (tertiary alicyclic amines) is 1. The van der Waals surface area contributed by atoms with Gasteiger partial charge in [0.05, 0.1) is 5.69 Å². The van der Waals surface area contributed by atoms with Crippen LogP contribution in [0.25, 0.3) is 0 Å². The number of aryl methyl sites for hydroxylation is 1. The summed E-state index contributed by atoms with van der Waals surface area (Å²) in [5, 5.41) is 11.6. The molecule has 1 fully saturated rings. The maximum absolute atomic E-state index is 13.7. The topological polar surface area (TPSA) is 68.0 Å². The summed E-state index contributed by atoms with van der Waals surface area (Å²) in [5.74, 6) is 0.273. The molecule has 1 saturated heterocycles. The van der Waals surface area contributed by atoms with Crippen LogP contribution in [-0.4, -0.2) is 55.7 Å². The number of hydrogen-bond acceptors (Lipinski definition) is 4. The molecule has 0 saturated carbocycles. The molecule has 0 unspecified atom stereocenters. The Morgan fingerprint density at radius 1 is 1.34 bits per heavy atom. The standard InChI is InChI=1S/C19H25F3N6O/c1-11(2)13-8-16(19(20,21)22)28-17(24-13)9-14(25-28)12-5-7-27(10-12)18(29)15-4-6-23-26(15)3/h4,6,9,11-13,16,24H,5,7-8,10H2,1-3H3/t12-,13-,16+/m0/s1. The molecular weight excluding hydrogens is 385 g/mol. The number of amides is 1. The third-order valence-corrected chi connectivity index (χ3v) is 5.98. The number of alkyl halides is 3. The van der Waals surface area contributed by atoms with E-state index in [-0.39, 0.29) is 30.2 Å². The van der Waals surface area contributed by atoms with E-state index in [1.165, 1.54) is 4.68 Å². The lowest BCUT2D eigenvalue weighted by molar-refractivity contribution is -0.174. The average molecular weight is 410 g/mol. The number of anilines is 1. The number of halogens is 3. The predicted molar refractivity (Wildman–Crippen MR) is 101 cm³/mol. The summed E-state index contributed by atoms with van der Waals surface area (Å²) < 4.78 is 43.6. The van der Waals surface area contributed by atoms with E-state index in [1.807, 2.05) is 13.8 Å². The van der Waals surface area contributed by atoms with Crippen LogP contribution in [0.5, 0.6) is 0 Å². The van der Waals surface area contributed by atoms with Crippen LogP contribution in [0, 0.1) is 5.92 Å². The number of rotatable bonds is 3. The van der Waals surface area contributed by atoms with Crippen molar-refractivity contribution in [1.82, 2.24) is 24.5 Å². The third kappa shape index (κ3) is 3.60. The van der Waals surface area contributed by atoms with Crippen molar-refractivity contribution < 1.29 is 18.0 Å². The van der Waals surface area contributed by atoms with E-state index in [9.17, 15) is 18.0 Å². The Kier molecular flexibility index (Phi) is 4.82. The molecule has 0 spiro atoms. The van der Waals surface area contributed by atoms with Crippen LogP contribution in [0.1, 0.15) is 54.8 Å². The third-order valence-electron chi connectivity index (χ3n) is 5.98. The van der Waals surface area contributed by atoms with Gasteiger partial charge in [0.1, 0.15) is 11.5 Å². The van der Waals surface area contributed by atoms with E-state index in [4.69, 9.17) is 0 Å². The highest BCUT2D eigenvalue weighted by atomic mass is 19.4. The van der Waals surface area contributed by atoms with E-state index in [2.05, 4.69) is 15.5 Å². The molecule has 0 aliphatic carbocycles. The van der Waals surface area contributed by atoms with E-state index in [1.54, 1.807) is 30.3 Å². The summed E-state index contributed by atoms with van der Waals surface area (Å²) in [6.07, 6.45) is -2.15. The van der Waals surface area contributed by atoms with Gasteiger partial charge in [-0.3, -0.25) is 9.48 Å². The molecule has 4 heterocycles. The summed E-state index contributed by atoms with van der Waals surface area (Å²) in [6, 6.07) is 1.49. The number of carbonyl (C=O) groups excluding carboxylic acids is 1. The Hall–Kier alpha value is -2.52. The van der Waals surface area contributed by atoms with Crippen molar-refractivity contribution in [2.24, 2.45) is 13.0 Å². The molecule has 158 valence electrons.